The van der Waals surface area contributed by atoms with E-state index in [1.54, 1.807) is 11.7 Å². The Kier molecular flexibility index (Phi) is 6.16. The summed E-state index contributed by atoms with van der Waals surface area (Å²) in [6, 6.07) is 17.0. The van der Waals surface area contributed by atoms with E-state index in [9.17, 15) is 4.79 Å². The molecule has 0 unspecified atom stereocenters. The highest BCUT2D eigenvalue weighted by atomic mass is 35.5. The molecule has 0 radical (unpaired) electrons. The van der Waals surface area contributed by atoms with Crippen LogP contribution >= 0.6 is 23.2 Å². The Morgan fingerprint density at radius 3 is 2.59 bits per heavy atom. The molecule has 0 saturated carbocycles. The van der Waals surface area contributed by atoms with Gasteiger partial charge in [-0.25, -0.2) is 0 Å². The van der Waals surface area contributed by atoms with Gasteiger partial charge < -0.3 is 10.6 Å². The van der Waals surface area contributed by atoms with Crippen LogP contribution in [0.3, 0.4) is 0 Å². The van der Waals surface area contributed by atoms with Crippen LogP contribution in [0.4, 0.5) is 5.82 Å². The number of nitrogens with two attached hydrogens (primary N) is 1. The summed E-state index contributed by atoms with van der Waals surface area (Å²) in [4.78, 5) is 12.3. The number of carbonyl (C=O) groups excluding carboxylic acids is 1. The number of anilines is 1. The monoisotopic (exact) mass is 403 g/mol. The molecule has 1 heterocycles. The number of hydrogen-bond donors (Lipinski definition) is 2. The number of benzene rings is 2. The minimum absolute atomic E-state index is 0.0839. The van der Waals surface area contributed by atoms with Crippen molar-refractivity contribution in [3.8, 4) is 11.3 Å². The zero-order valence-corrected chi connectivity index (χ0v) is 16.6. The molecular weight excluding hydrogens is 383 g/mol. The first-order valence-corrected chi connectivity index (χ1v) is 9.37. The first kappa shape index (κ1) is 19.4. The number of aromatic nitrogens is 2. The lowest BCUT2D eigenvalue weighted by Crippen LogP contribution is -2.86. The van der Waals surface area contributed by atoms with Crippen molar-refractivity contribution in [1.29, 1.82) is 0 Å². The van der Waals surface area contributed by atoms with Gasteiger partial charge in [-0.05, 0) is 25.1 Å². The minimum Gasteiger partial charge on any atom is -0.332 e. The number of quaternary nitrogens is 1. The van der Waals surface area contributed by atoms with Crippen LogP contribution in [0.25, 0.3) is 11.3 Å². The molecule has 0 fully saturated rings. The maximum atomic E-state index is 12.3. The standard InChI is InChI=1S/C20H20Cl2N4O/c1-13(16-5-3-4-6-17(16)22)23-12-20(27)24-19-11-18(25-26(19)2)14-7-9-15(21)10-8-14/h3-11,13,23H,12H2,1-2H3,(H,24,27)/p+1/t13-/m0/s1. The number of amides is 1. The molecule has 140 valence electrons. The molecule has 3 aromatic rings. The van der Waals surface area contributed by atoms with Crippen LogP contribution in [0.2, 0.25) is 10.0 Å². The highest BCUT2D eigenvalue weighted by Gasteiger charge is 2.15. The van der Waals surface area contributed by atoms with Gasteiger partial charge in [0.05, 0.1) is 5.69 Å². The quantitative estimate of drug-likeness (QED) is 0.659. The second kappa shape index (κ2) is 8.57. The van der Waals surface area contributed by atoms with Gasteiger partial charge in [0.15, 0.2) is 6.54 Å². The van der Waals surface area contributed by atoms with Gasteiger partial charge in [0.25, 0.3) is 5.91 Å². The normalized spacial score (nSPS) is 12.0. The Labute approximate surface area is 168 Å². The number of aryl methyl sites for hydroxylation is 1. The van der Waals surface area contributed by atoms with Crippen LogP contribution < -0.4 is 10.6 Å². The molecule has 27 heavy (non-hydrogen) atoms. The predicted molar refractivity (Wildman–Crippen MR) is 109 cm³/mol. The van der Waals surface area contributed by atoms with Crippen LogP contribution in [0.1, 0.15) is 18.5 Å². The zero-order chi connectivity index (χ0) is 19.4. The average molecular weight is 404 g/mol. The number of carbonyl (C=O) groups is 1. The highest BCUT2D eigenvalue weighted by molar-refractivity contribution is 6.31. The van der Waals surface area contributed by atoms with Gasteiger partial charge in [0, 0.05) is 34.3 Å². The van der Waals surface area contributed by atoms with E-state index in [-0.39, 0.29) is 18.5 Å². The number of rotatable bonds is 6. The molecule has 7 heteroatoms. The fraction of sp³-hybridized carbons (Fsp3) is 0.200. The molecule has 5 nitrogen and oxygen atoms in total. The summed E-state index contributed by atoms with van der Waals surface area (Å²) in [5, 5.41) is 10.7. The molecule has 0 spiro atoms. The summed E-state index contributed by atoms with van der Waals surface area (Å²) in [6.07, 6.45) is 0. The van der Waals surface area contributed by atoms with E-state index in [4.69, 9.17) is 23.2 Å². The van der Waals surface area contributed by atoms with Crippen LogP contribution in [0.5, 0.6) is 0 Å². The largest absolute Gasteiger partial charge is 0.332 e. The number of halogens is 2. The summed E-state index contributed by atoms with van der Waals surface area (Å²) in [6.45, 7) is 2.31. The lowest BCUT2D eigenvalue weighted by Gasteiger charge is -2.12. The minimum atomic E-state index is -0.0976. The average Bonchev–Trinajstić information content (AvgIpc) is 3.01. The first-order chi connectivity index (χ1) is 12.9. The zero-order valence-electron chi connectivity index (χ0n) is 15.1. The molecule has 2 aromatic carbocycles. The van der Waals surface area contributed by atoms with Crippen molar-refractivity contribution in [1.82, 2.24) is 9.78 Å². The second-order valence-electron chi connectivity index (χ2n) is 6.34. The van der Waals surface area contributed by atoms with E-state index in [1.807, 2.05) is 66.8 Å². The Hall–Kier alpha value is -2.34. The molecule has 0 saturated heterocycles. The van der Waals surface area contributed by atoms with E-state index < -0.39 is 0 Å². The lowest BCUT2D eigenvalue weighted by molar-refractivity contribution is -0.682. The number of nitrogens with zero attached hydrogens (tertiary/aromatic N) is 2. The van der Waals surface area contributed by atoms with Gasteiger partial charge in [0.2, 0.25) is 0 Å². The van der Waals surface area contributed by atoms with Crippen molar-refractivity contribution >= 4 is 34.9 Å². The summed E-state index contributed by atoms with van der Waals surface area (Å²) in [5.74, 6) is 0.545. The first-order valence-electron chi connectivity index (χ1n) is 8.61. The molecule has 1 atom stereocenters. The number of nitrogens with one attached hydrogen (secondary N) is 1. The molecule has 0 aliphatic carbocycles. The van der Waals surface area contributed by atoms with E-state index in [1.165, 1.54) is 0 Å². The fourth-order valence-electron chi connectivity index (χ4n) is 2.79. The Bertz CT molecular complexity index is 937. The molecule has 3 rings (SSSR count). The topological polar surface area (TPSA) is 63.5 Å². The van der Waals surface area contributed by atoms with Crippen molar-refractivity contribution in [3.63, 3.8) is 0 Å². The Balaban J connectivity index is 1.61. The third-order valence-corrected chi connectivity index (χ3v) is 4.94. The molecule has 0 aliphatic rings. The fourth-order valence-corrected chi connectivity index (χ4v) is 3.23. The van der Waals surface area contributed by atoms with Gasteiger partial charge in [-0.1, -0.05) is 53.5 Å². The van der Waals surface area contributed by atoms with Gasteiger partial charge in [-0.15, -0.1) is 0 Å². The van der Waals surface area contributed by atoms with Crippen molar-refractivity contribution in [2.75, 3.05) is 11.9 Å². The maximum Gasteiger partial charge on any atom is 0.280 e. The molecule has 1 amide bonds. The van der Waals surface area contributed by atoms with E-state index in [0.29, 0.717) is 15.9 Å². The van der Waals surface area contributed by atoms with E-state index in [2.05, 4.69) is 10.4 Å². The van der Waals surface area contributed by atoms with Crippen molar-refractivity contribution in [3.05, 3.63) is 70.2 Å². The van der Waals surface area contributed by atoms with Crippen LogP contribution in [-0.4, -0.2) is 22.2 Å². The summed E-state index contributed by atoms with van der Waals surface area (Å²) >= 11 is 12.1. The summed E-state index contributed by atoms with van der Waals surface area (Å²) in [7, 11) is 1.80. The van der Waals surface area contributed by atoms with Gasteiger partial charge in [0.1, 0.15) is 11.9 Å². The predicted octanol–water partition coefficient (Wildman–Crippen LogP) is 3.66. The SMILES string of the molecule is C[C@H]([NH2+]CC(=O)Nc1cc(-c2ccc(Cl)cc2)nn1C)c1ccccc1Cl. The smallest absolute Gasteiger partial charge is 0.280 e. The van der Waals surface area contributed by atoms with Gasteiger partial charge in [-0.2, -0.15) is 5.10 Å². The summed E-state index contributed by atoms with van der Waals surface area (Å²) in [5.41, 5.74) is 2.73. The Morgan fingerprint density at radius 2 is 1.89 bits per heavy atom. The van der Waals surface area contributed by atoms with Crippen LogP contribution in [-0.2, 0) is 11.8 Å². The van der Waals surface area contributed by atoms with E-state index in [0.717, 1.165) is 16.8 Å². The highest BCUT2D eigenvalue weighted by Crippen LogP contribution is 2.23. The van der Waals surface area contributed by atoms with Crippen molar-refractivity contribution in [2.45, 2.75) is 13.0 Å². The van der Waals surface area contributed by atoms with Crippen molar-refractivity contribution in [2.24, 2.45) is 7.05 Å². The maximum absolute atomic E-state index is 12.3. The molecule has 0 bridgehead atoms. The summed E-state index contributed by atoms with van der Waals surface area (Å²) < 4.78 is 1.65. The third kappa shape index (κ3) is 4.89. The third-order valence-electron chi connectivity index (χ3n) is 4.34. The Morgan fingerprint density at radius 1 is 1.19 bits per heavy atom. The second-order valence-corrected chi connectivity index (χ2v) is 7.19. The molecule has 3 N–H and O–H groups in total. The molecule has 1 aromatic heterocycles. The van der Waals surface area contributed by atoms with Gasteiger partial charge >= 0.3 is 0 Å². The van der Waals surface area contributed by atoms with Crippen LogP contribution in [0.15, 0.2) is 54.6 Å². The van der Waals surface area contributed by atoms with Gasteiger partial charge in [-0.3, -0.25) is 9.48 Å². The lowest BCUT2D eigenvalue weighted by atomic mass is 10.1. The number of hydrogen-bond acceptors (Lipinski definition) is 2. The van der Waals surface area contributed by atoms with Crippen LogP contribution in [0, 0.1) is 0 Å². The van der Waals surface area contributed by atoms with Crippen molar-refractivity contribution < 1.29 is 10.1 Å². The molecule has 0 aliphatic heterocycles. The molecular formula is C20H21Cl2N4O+. The van der Waals surface area contributed by atoms with E-state index >= 15 is 0 Å².